The van der Waals surface area contributed by atoms with Crippen molar-refractivity contribution in [2.75, 3.05) is 31.1 Å². The van der Waals surface area contributed by atoms with Gasteiger partial charge in [-0.25, -0.2) is 4.79 Å². The molecule has 1 heterocycles. The highest BCUT2D eigenvalue weighted by Gasteiger charge is 2.20. The molecule has 0 aromatic heterocycles. The number of hydrogen-bond donors (Lipinski definition) is 0. The molecule has 1 aromatic rings. The van der Waals surface area contributed by atoms with Crippen molar-refractivity contribution in [3.8, 4) is 0 Å². The molecule has 1 aliphatic heterocycles. The number of anilines is 1. The maximum Gasteiger partial charge on any atom is 0.240 e. The number of isocyanates is 1. The Bertz CT molecular complexity index is 487. The summed E-state index contributed by atoms with van der Waals surface area (Å²) in [5.41, 5.74) is 1.55. The van der Waals surface area contributed by atoms with Crippen LogP contribution < -0.4 is 4.90 Å². The Hall–Kier alpha value is -2.13. The standard InChI is InChI=1S/C13H15N3O2/c1-11(18)15-6-8-16(9-7-15)13-5-3-2-4-12(13)14-10-17/h2-5H,6-9H2,1H3. The Morgan fingerprint density at radius 1 is 1.22 bits per heavy atom. The van der Waals surface area contributed by atoms with Crippen molar-refractivity contribution in [3.63, 3.8) is 0 Å². The van der Waals surface area contributed by atoms with Gasteiger partial charge < -0.3 is 9.80 Å². The number of hydrogen-bond acceptors (Lipinski definition) is 4. The van der Waals surface area contributed by atoms with E-state index in [0.29, 0.717) is 18.8 Å². The van der Waals surface area contributed by atoms with Crippen molar-refractivity contribution in [1.82, 2.24) is 4.90 Å². The lowest BCUT2D eigenvalue weighted by Gasteiger charge is -2.36. The number of aliphatic imine (C=N–C) groups is 1. The normalized spacial score (nSPS) is 15.2. The molecule has 0 bridgehead atoms. The van der Waals surface area contributed by atoms with Crippen LogP contribution in [0.4, 0.5) is 11.4 Å². The number of carbonyl (C=O) groups is 1. The Labute approximate surface area is 106 Å². The van der Waals surface area contributed by atoms with E-state index in [4.69, 9.17) is 0 Å². The van der Waals surface area contributed by atoms with Crippen LogP contribution in [-0.4, -0.2) is 43.1 Å². The highest BCUT2D eigenvalue weighted by Crippen LogP contribution is 2.28. The molecule has 0 spiro atoms. The first-order valence-corrected chi connectivity index (χ1v) is 5.89. The molecule has 0 radical (unpaired) electrons. The summed E-state index contributed by atoms with van der Waals surface area (Å²) in [7, 11) is 0. The molecule has 0 N–H and O–H groups in total. The zero-order valence-electron chi connectivity index (χ0n) is 10.3. The van der Waals surface area contributed by atoms with Gasteiger partial charge in [-0.15, -0.1) is 0 Å². The molecular weight excluding hydrogens is 230 g/mol. The molecule has 1 saturated heterocycles. The van der Waals surface area contributed by atoms with Crippen LogP contribution in [0, 0.1) is 0 Å². The van der Waals surface area contributed by atoms with Gasteiger partial charge in [0.25, 0.3) is 0 Å². The van der Waals surface area contributed by atoms with Crippen LogP contribution in [-0.2, 0) is 9.59 Å². The van der Waals surface area contributed by atoms with Crippen LogP contribution in [0.25, 0.3) is 0 Å². The van der Waals surface area contributed by atoms with Crippen LogP contribution >= 0.6 is 0 Å². The molecule has 5 nitrogen and oxygen atoms in total. The lowest BCUT2D eigenvalue weighted by Crippen LogP contribution is -2.48. The van der Waals surface area contributed by atoms with Gasteiger partial charge in [-0.05, 0) is 12.1 Å². The molecular formula is C13H15N3O2. The van der Waals surface area contributed by atoms with E-state index in [9.17, 15) is 9.59 Å². The van der Waals surface area contributed by atoms with Gasteiger partial charge in [0.1, 0.15) is 0 Å². The Balaban J connectivity index is 2.14. The highest BCUT2D eigenvalue weighted by molar-refractivity contribution is 5.74. The summed E-state index contributed by atoms with van der Waals surface area (Å²) < 4.78 is 0. The molecule has 0 aliphatic carbocycles. The topological polar surface area (TPSA) is 53.0 Å². The number of rotatable bonds is 2. The fourth-order valence-corrected chi connectivity index (χ4v) is 2.14. The average Bonchev–Trinajstić information content (AvgIpc) is 2.40. The van der Waals surface area contributed by atoms with Gasteiger partial charge in [0.2, 0.25) is 12.0 Å². The maximum absolute atomic E-state index is 11.2. The number of nitrogens with zero attached hydrogens (tertiary/aromatic N) is 3. The Morgan fingerprint density at radius 2 is 1.89 bits per heavy atom. The first-order valence-electron chi connectivity index (χ1n) is 5.89. The van der Waals surface area contributed by atoms with Crippen LogP contribution in [0.5, 0.6) is 0 Å². The van der Waals surface area contributed by atoms with E-state index < -0.39 is 0 Å². The van der Waals surface area contributed by atoms with Gasteiger partial charge >= 0.3 is 0 Å². The first-order chi connectivity index (χ1) is 8.72. The lowest BCUT2D eigenvalue weighted by atomic mass is 10.2. The summed E-state index contributed by atoms with van der Waals surface area (Å²) in [5.74, 6) is 0.105. The van der Waals surface area contributed by atoms with Crippen molar-refractivity contribution < 1.29 is 9.59 Å². The average molecular weight is 245 g/mol. The fraction of sp³-hybridized carbons (Fsp3) is 0.385. The number of benzene rings is 1. The zero-order chi connectivity index (χ0) is 13.0. The summed E-state index contributed by atoms with van der Waals surface area (Å²) >= 11 is 0. The second kappa shape index (κ2) is 5.47. The van der Waals surface area contributed by atoms with Gasteiger partial charge in [0.05, 0.1) is 11.4 Å². The minimum Gasteiger partial charge on any atom is -0.366 e. The molecule has 5 heteroatoms. The van der Waals surface area contributed by atoms with E-state index in [-0.39, 0.29) is 5.91 Å². The number of para-hydroxylation sites is 2. The van der Waals surface area contributed by atoms with E-state index >= 15 is 0 Å². The third-order valence-corrected chi connectivity index (χ3v) is 3.11. The predicted molar refractivity (Wildman–Crippen MR) is 68.7 cm³/mol. The lowest BCUT2D eigenvalue weighted by molar-refractivity contribution is -0.129. The van der Waals surface area contributed by atoms with Gasteiger partial charge in [-0.1, -0.05) is 12.1 Å². The van der Waals surface area contributed by atoms with Gasteiger partial charge in [-0.3, -0.25) is 4.79 Å². The summed E-state index contributed by atoms with van der Waals surface area (Å²) in [6.45, 7) is 4.50. The van der Waals surface area contributed by atoms with Crippen molar-refractivity contribution in [3.05, 3.63) is 24.3 Å². The van der Waals surface area contributed by atoms with E-state index in [1.165, 1.54) is 0 Å². The number of carbonyl (C=O) groups excluding carboxylic acids is 2. The van der Waals surface area contributed by atoms with Crippen LogP contribution in [0.15, 0.2) is 29.3 Å². The summed E-state index contributed by atoms with van der Waals surface area (Å²) in [5, 5.41) is 0. The zero-order valence-corrected chi connectivity index (χ0v) is 10.3. The van der Waals surface area contributed by atoms with Crippen molar-refractivity contribution in [2.24, 2.45) is 4.99 Å². The van der Waals surface area contributed by atoms with E-state index in [1.54, 1.807) is 19.1 Å². The van der Waals surface area contributed by atoms with Gasteiger partial charge in [-0.2, -0.15) is 4.99 Å². The summed E-state index contributed by atoms with van der Waals surface area (Å²) in [4.78, 5) is 29.3. The van der Waals surface area contributed by atoms with Crippen LogP contribution in [0.3, 0.4) is 0 Å². The molecule has 1 fully saturated rings. The molecule has 94 valence electrons. The minimum atomic E-state index is 0.105. The predicted octanol–water partition coefficient (Wildman–Crippen LogP) is 1.32. The Kier molecular flexibility index (Phi) is 3.75. The molecule has 0 unspecified atom stereocenters. The molecule has 2 rings (SSSR count). The third kappa shape index (κ3) is 2.57. The van der Waals surface area contributed by atoms with Gasteiger partial charge in [0, 0.05) is 33.1 Å². The van der Waals surface area contributed by atoms with E-state index in [0.717, 1.165) is 18.8 Å². The molecule has 0 atom stereocenters. The molecule has 1 amide bonds. The fourth-order valence-electron chi connectivity index (χ4n) is 2.14. The summed E-state index contributed by atoms with van der Waals surface area (Å²) in [6, 6.07) is 7.47. The smallest absolute Gasteiger partial charge is 0.240 e. The first kappa shape index (κ1) is 12.3. The molecule has 18 heavy (non-hydrogen) atoms. The number of amides is 1. The monoisotopic (exact) mass is 245 g/mol. The molecule has 1 aliphatic rings. The Morgan fingerprint density at radius 3 is 2.50 bits per heavy atom. The second-order valence-electron chi connectivity index (χ2n) is 4.18. The molecule has 0 saturated carbocycles. The second-order valence-corrected chi connectivity index (χ2v) is 4.18. The highest BCUT2D eigenvalue weighted by atomic mass is 16.2. The minimum absolute atomic E-state index is 0.105. The van der Waals surface area contributed by atoms with Gasteiger partial charge in [0.15, 0.2) is 0 Å². The van der Waals surface area contributed by atoms with Crippen LogP contribution in [0.2, 0.25) is 0 Å². The molecule has 1 aromatic carbocycles. The van der Waals surface area contributed by atoms with E-state index in [1.807, 2.05) is 23.1 Å². The number of piperazine rings is 1. The largest absolute Gasteiger partial charge is 0.366 e. The van der Waals surface area contributed by atoms with E-state index in [2.05, 4.69) is 9.89 Å². The summed E-state index contributed by atoms with van der Waals surface area (Å²) in [6.07, 6.45) is 1.57. The maximum atomic E-state index is 11.2. The quantitative estimate of drug-likeness (QED) is 0.583. The third-order valence-electron chi connectivity index (χ3n) is 3.11. The van der Waals surface area contributed by atoms with Crippen molar-refractivity contribution in [1.29, 1.82) is 0 Å². The SMILES string of the molecule is CC(=O)N1CCN(c2ccccc2N=C=O)CC1. The van der Waals surface area contributed by atoms with Crippen molar-refractivity contribution in [2.45, 2.75) is 6.92 Å². The van der Waals surface area contributed by atoms with Crippen LogP contribution in [0.1, 0.15) is 6.92 Å². The van der Waals surface area contributed by atoms with Crippen molar-refractivity contribution >= 4 is 23.4 Å².